The quantitative estimate of drug-likeness (QED) is 0.136. The third-order valence-electron chi connectivity index (χ3n) is 26.0. The summed E-state index contributed by atoms with van der Waals surface area (Å²) in [5, 5.41) is 21.5. The molecule has 0 unspecified atom stereocenters. The zero-order valence-electron chi connectivity index (χ0n) is 71.3. The minimum atomic E-state index is 0.616. The first-order valence-corrected chi connectivity index (χ1v) is 48.6. The fourth-order valence-corrected chi connectivity index (χ4v) is 25.1. The Morgan fingerprint density at radius 1 is 0.126 bits per heavy atom. The van der Waals surface area contributed by atoms with Crippen molar-refractivity contribution in [3.05, 3.63) is 394 Å². The Hall–Kier alpha value is -16.6. The Morgan fingerprint density at radius 2 is 0.296 bits per heavy atom. The van der Waals surface area contributed by atoms with Crippen LogP contribution in [0.5, 0.6) is 0 Å². The molecule has 0 atom stereocenters. The van der Waals surface area contributed by atoms with Crippen molar-refractivity contribution < 1.29 is 17.7 Å². The number of rotatable bonds is 9. The molecule has 0 radical (unpaired) electrons. The molecule has 0 bridgehead atoms. The zero-order chi connectivity index (χ0) is 88.5. The Bertz CT molecular complexity index is 8320. The number of nitrogens with zero attached hydrogens (tertiary/aromatic N) is 7. The maximum absolute atomic E-state index is 6.25. The number of furan rings is 4. The van der Waals surface area contributed by atoms with Crippen molar-refractivity contribution in [1.82, 2.24) is 34.9 Å². The average molecular weight is 1820 g/mol. The summed E-state index contributed by atoms with van der Waals surface area (Å²) in [6.07, 6.45) is 0. The first-order chi connectivity index (χ1) is 66.7. The van der Waals surface area contributed by atoms with Crippen molar-refractivity contribution in [2.45, 2.75) is 0 Å². The fourth-order valence-electron chi connectivity index (χ4n) is 19.4. The molecule has 18 aromatic carbocycles. The lowest BCUT2D eigenvalue weighted by atomic mass is 10.0. The molecular formula is C119H65N7O4S5. The van der Waals surface area contributed by atoms with E-state index in [1.165, 1.54) is 101 Å². The van der Waals surface area contributed by atoms with Crippen LogP contribution in [0, 0.1) is 0 Å². The first kappa shape index (κ1) is 77.2. The maximum atomic E-state index is 6.25. The van der Waals surface area contributed by atoms with Crippen LogP contribution in [0.4, 0.5) is 0 Å². The summed E-state index contributed by atoms with van der Waals surface area (Å²) in [5.74, 6) is 3.27. The summed E-state index contributed by atoms with van der Waals surface area (Å²) in [6, 6.07) is 138. The van der Waals surface area contributed by atoms with E-state index in [9.17, 15) is 0 Å². The third kappa shape index (κ3) is 13.3. The summed E-state index contributed by atoms with van der Waals surface area (Å²) in [6.45, 7) is 0. The van der Waals surface area contributed by atoms with E-state index in [0.717, 1.165) is 161 Å². The predicted molar refractivity (Wildman–Crippen MR) is 566 cm³/mol. The summed E-state index contributed by atoms with van der Waals surface area (Å²) in [4.78, 5) is 35.8. The molecule has 0 aliphatic carbocycles. The van der Waals surface area contributed by atoms with Crippen LogP contribution in [0.3, 0.4) is 0 Å². The van der Waals surface area contributed by atoms with Crippen LogP contribution in [0.15, 0.2) is 412 Å². The van der Waals surface area contributed by atoms with Gasteiger partial charge < -0.3 is 17.7 Å². The van der Waals surface area contributed by atoms with Gasteiger partial charge in [0, 0.05) is 194 Å². The number of benzene rings is 18. The van der Waals surface area contributed by atoms with Gasteiger partial charge in [0.25, 0.3) is 0 Å². The van der Waals surface area contributed by atoms with Crippen molar-refractivity contribution in [2.24, 2.45) is 0 Å². The van der Waals surface area contributed by atoms with Crippen molar-refractivity contribution >= 4 is 245 Å². The smallest absolute Gasteiger partial charge is 0.164 e. The molecular weight excluding hydrogens is 1750 g/mol. The zero-order valence-corrected chi connectivity index (χ0v) is 75.4. The minimum Gasteiger partial charge on any atom is -0.456 e. The molecule has 630 valence electrons. The van der Waals surface area contributed by atoms with E-state index < -0.39 is 0 Å². The van der Waals surface area contributed by atoms with Gasteiger partial charge in [0.1, 0.15) is 44.7 Å². The molecule has 0 spiro atoms. The van der Waals surface area contributed by atoms with Gasteiger partial charge in [0.05, 0.1) is 22.8 Å². The van der Waals surface area contributed by atoms with Crippen molar-refractivity contribution in [3.8, 4) is 102 Å². The molecule has 0 N–H and O–H groups in total. The maximum Gasteiger partial charge on any atom is 0.164 e. The molecule has 16 heteroatoms. The minimum absolute atomic E-state index is 0.616. The summed E-state index contributed by atoms with van der Waals surface area (Å²) in [5.41, 5.74) is 19.1. The molecule has 0 aliphatic heterocycles. The van der Waals surface area contributed by atoms with Crippen LogP contribution < -0.4 is 0 Å². The second-order valence-electron chi connectivity index (χ2n) is 34.0. The molecule has 12 aromatic heterocycles. The van der Waals surface area contributed by atoms with Gasteiger partial charge in [-0.25, -0.2) is 34.9 Å². The van der Waals surface area contributed by atoms with Gasteiger partial charge in [-0.3, -0.25) is 0 Å². The van der Waals surface area contributed by atoms with Gasteiger partial charge in [0.2, 0.25) is 0 Å². The summed E-state index contributed by atoms with van der Waals surface area (Å²) < 4.78 is 37.5. The lowest BCUT2D eigenvalue weighted by Gasteiger charge is -2.10. The van der Waals surface area contributed by atoms with E-state index in [1.807, 2.05) is 102 Å². The van der Waals surface area contributed by atoms with Crippen LogP contribution in [0.2, 0.25) is 0 Å². The van der Waals surface area contributed by atoms with Crippen LogP contribution in [-0.4, -0.2) is 34.9 Å². The highest BCUT2D eigenvalue weighted by atomic mass is 32.1. The molecule has 0 amide bonds. The molecule has 0 saturated heterocycles. The number of aromatic nitrogens is 7. The molecule has 11 nitrogen and oxygen atoms in total. The molecule has 30 aromatic rings. The van der Waals surface area contributed by atoms with E-state index >= 15 is 0 Å². The number of para-hydroxylation sites is 4. The number of hydrogen-bond donors (Lipinski definition) is 0. The number of thiophene rings is 5. The average Bonchev–Trinajstić information content (AvgIpc) is 1.67. The van der Waals surface area contributed by atoms with Crippen LogP contribution in [-0.2, 0) is 0 Å². The van der Waals surface area contributed by atoms with Crippen molar-refractivity contribution in [3.63, 3.8) is 0 Å². The number of fused-ring (bicyclic) bond motifs is 27. The van der Waals surface area contributed by atoms with Gasteiger partial charge in [-0.15, -0.1) is 56.7 Å². The second-order valence-corrected chi connectivity index (χ2v) is 39.4. The Balaban J connectivity index is 0.000000101. The lowest BCUT2D eigenvalue weighted by Crippen LogP contribution is -2.00. The Labute approximate surface area is 787 Å². The summed E-state index contributed by atoms with van der Waals surface area (Å²) in [7, 11) is 0. The van der Waals surface area contributed by atoms with Gasteiger partial charge >= 0.3 is 0 Å². The van der Waals surface area contributed by atoms with Crippen molar-refractivity contribution in [2.75, 3.05) is 0 Å². The highest BCUT2D eigenvalue weighted by molar-refractivity contribution is 7.27. The summed E-state index contributed by atoms with van der Waals surface area (Å²) >= 11 is 9.04. The Morgan fingerprint density at radius 3 is 0.556 bits per heavy atom. The van der Waals surface area contributed by atoms with Crippen LogP contribution in [0.1, 0.15) is 0 Å². The van der Waals surface area contributed by atoms with E-state index in [-0.39, 0.29) is 0 Å². The lowest BCUT2D eigenvalue weighted by molar-refractivity contribution is 0.668. The molecule has 0 aliphatic rings. The monoisotopic (exact) mass is 1820 g/mol. The van der Waals surface area contributed by atoms with E-state index in [2.05, 4.69) is 315 Å². The third-order valence-corrected chi connectivity index (χ3v) is 31.6. The van der Waals surface area contributed by atoms with Crippen LogP contribution in [0.25, 0.3) is 291 Å². The molecule has 12 heterocycles. The molecule has 135 heavy (non-hydrogen) atoms. The SMILES string of the molecule is c1ccc2c(c1)oc1cc(-c3cc(-c4ccc5c(c4)oc4ccccc45)nc(-c4ccc5c(c4)sc4ccccc45)n3)ccc12.c1ccc2c(c1)oc1cc(-c3nc(-c4ccc5c(c4)sc4ccccc45)cc(-c4ccc5c(c4)sc4ccccc45)n3)ccc12.c1ccc2c(c1)oc1cc(-c3nc(-c4ccc5c(c4)sc4ccccc45)nc(-c4ccc5c(c4)sc4ccccc45)n3)ccc12. The van der Waals surface area contributed by atoms with E-state index in [1.54, 1.807) is 34.0 Å². The van der Waals surface area contributed by atoms with Crippen LogP contribution >= 0.6 is 56.7 Å². The van der Waals surface area contributed by atoms with E-state index in [4.69, 9.17) is 52.6 Å². The predicted octanol–water partition coefficient (Wildman–Crippen LogP) is 35.3. The van der Waals surface area contributed by atoms with Gasteiger partial charge in [0.15, 0.2) is 29.1 Å². The normalized spacial score (nSPS) is 12.0. The Kier molecular flexibility index (Phi) is 17.8. The fraction of sp³-hybridized carbons (Fsp3) is 0. The topological polar surface area (TPSA) is 143 Å². The first-order valence-electron chi connectivity index (χ1n) is 44.5. The van der Waals surface area contributed by atoms with Crippen molar-refractivity contribution in [1.29, 1.82) is 0 Å². The number of hydrogen-bond acceptors (Lipinski definition) is 16. The van der Waals surface area contributed by atoms with Gasteiger partial charge in [-0.2, -0.15) is 0 Å². The molecule has 30 rings (SSSR count). The molecule has 0 saturated carbocycles. The standard InChI is InChI=1S/C40H22N2O2S.C40H22N2OS2.C39H21N3OS2/c1-4-10-34-26(7-1)28-16-13-23(19-36(28)43-34)32-22-33(24-14-17-29-27-8-2-5-11-35(27)44-37(29)20-24)42-40(41-32)25-15-18-31-30-9-3-6-12-38(30)45-39(31)21-25;1-4-10-34-26(7-1)27-16-15-25(19-35(27)43-34)40-41-32(23-13-17-30-28-8-2-5-11-36(28)44-38(30)20-23)22-33(42-40)24-14-18-31-29-9-3-6-12-37(29)45-39(31)21-24;1-4-10-31-25(7-1)26-16-13-22(19-32(26)43-31)37-40-38(23-14-17-29-27-8-2-5-11-33(27)44-35(29)20-23)42-39(41-37)24-15-18-30-28-9-3-6-12-34(28)45-36(30)21-24/h2*1-22H;1-21H. The highest BCUT2D eigenvalue weighted by Crippen LogP contribution is 2.47. The second kappa shape index (κ2) is 31.0. The highest BCUT2D eigenvalue weighted by Gasteiger charge is 2.23. The van der Waals surface area contributed by atoms with Gasteiger partial charge in [-0.1, -0.05) is 249 Å². The van der Waals surface area contributed by atoms with Gasteiger partial charge in [-0.05, 0) is 146 Å². The molecule has 0 fully saturated rings. The van der Waals surface area contributed by atoms with E-state index in [0.29, 0.717) is 29.1 Å². The largest absolute Gasteiger partial charge is 0.456 e.